The van der Waals surface area contributed by atoms with Crippen LogP contribution in [-0.2, 0) is 0 Å². The van der Waals surface area contributed by atoms with E-state index in [9.17, 15) is 0 Å². The van der Waals surface area contributed by atoms with Crippen molar-refractivity contribution in [1.29, 1.82) is 0 Å². The molecule has 1 aromatic heterocycles. The van der Waals surface area contributed by atoms with Crippen LogP contribution in [0.1, 0.15) is 24.1 Å². The van der Waals surface area contributed by atoms with E-state index in [1.807, 2.05) is 13.1 Å². The normalized spacial score (nSPS) is 26.7. The molecule has 1 saturated heterocycles. The molecule has 2 heterocycles. The van der Waals surface area contributed by atoms with E-state index in [-0.39, 0.29) is 0 Å². The van der Waals surface area contributed by atoms with Crippen molar-refractivity contribution < 1.29 is 4.74 Å². The molecule has 3 nitrogen and oxygen atoms in total. The fourth-order valence-electron chi connectivity index (χ4n) is 3.10. The van der Waals surface area contributed by atoms with Gasteiger partial charge < -0.3 is 10.1 Å². The number of pyridine rings is 1. The summed E-state index contributed by atoms with van der Waals surface area (Å²) in [4.78, 5) is 4.43. The predicted molar refractivity (Wildman–Crippen MR) is 72.6 cm³/mol. The van der Waals surface area contributed by atoms with Gasteiger partial charge in [0, 0.05) is 12.7 Å². The van der Waals surface area contributed by atoms with Crippen LogP contribution in [0.2, 0.25) is 0 Å². The fraction of sp³-hybridized carbons (Fsp3) is 0.533. The molecular formula is C15H20N2O. The molecule has 0 radical (unpaired) electrons. The number of allylic oxidation sites excluding steroid dienone is 1. The lowest BCUT2D eigenvalue weighted by atomic mass is 9.89. The number of hydrogen-bond donors (Lipinski definition) is 1. The molecule has 1 aliphatic heterocycles. The Balaban J connectivity index is 1.87. The van der Waals surface area contributed by atoms with E-state index in [2.05, 4.69) is 22.4 Å². The molecule has 1 N–H and O–H groups in total. The van der Waals surface area contributed by atoms with Crippen molar-refractivity contribution in [2.75, 3.05) is 20.2 Å². The summed E-state index contributed by atoms with van der Waals surface area (Å²) in [6.07, 6.45) is 6.90. The number of aromatic nitrogens is 1. The third-order valence-corrected chi connectivity index (χ3v) is 4.21. The van der Waals surface area contributed by atoms with Gasteiger partial charge in [-0.25, -0.2) is 0 Å². The number of aryl methyl sites for hydroxylation is 1. The lowest BCUT2D eigenvalue weighted by Gasteiger charge is -2.25. The molecule has 18 heavy (non-hydrogen) atoms. The maximum Gasteiger partial charge on any atom is 0.140 e. The minimum atomic E-state index is 0.709. The topological polar surface area (TPSA) is 34.1 Å². The van der Waals surface area contributed by atoms with E-state index < -0.39 is 0 Å². The quantitative estimate of drug-likeness (QED) is 0.867. The van der Waals surface area contributed by atoms with Crippen molar-refractivity contribution in [2.45, 2.75) is 19.8 Å². The van der Waals surface area contributed by atoms with Crippen molar-refractivity contribution in [3.8, 4) is 5.75 Å². The van der Waals surface area contributed by atoms with E-state index in [1.54, 1.807) is 7.11 Å². The monoisotopic (exact) mass is 244 g/mol. The summed E-state index contributed by atoms with van der Waals surface area (Å²) in [5, 5.41) is 3.47. The Bertz CT molecular complexity index is 481. The summed E-state index contributed by atoms with van der Waals surface area (Å²) >= 11 is 0. The lowest BCUT2D eigenvalue weighted by Crippen LogP contribution is -2.33. The summed E-state index contributed by atoms with van der Waals surface area (Å²) < 4.78 is 5.36. The second-order valence-corrected chi connectivity index (χ2v) is 5.32. The molecule has 2 atom stereocenters. The molecular weight excluding hydrogens is 224 g/mol. The maximum absolute atomic E-state index is 5.36. The number of piperidine rings is 1. The standard InChI is InChI=1S/C15H20N2O/c1-10-15(18-2)7-14(9-17-10)12-5-11-3-4-16-8-13(11)6-12/h6-7,9,11,13,16H,3-5,8H2,1-2H3. The number of nitrogens with one attached hydrogen (secondary N) is 1. The highest BCUT2D eigenvalue weighted by atomic mass is 16.5. The van der Waals surface area contributed by atoms with Crippen LogP contribution in [-0.4, -0.2) is 25.2 Å². The van der Waals surface area contributed by atoms with Gasteiger partial charge in [-0.1, -0.05) is 6.08 Å². The van der Waals surface area contributed by atoms with Crippen molar-refractivity contribution in [2.24, 2.45) is 11.8 Å². The van der Waals surface area contributed by atoms with Crippen molar-refractivity contribution in [3.63, 3.8) is 0 Å². The third-order valence-electron chi connectivity index (χ3n) is 4.21. The number of methoxy groups -OCH3 is 1. The minimum Gasteiger partial charge on any atom is -0.495 e. The highest BCUT2D eigenvalue weighted by Gasteiger charge is 2.30. The summed E-state index contributed by atoms with van der Waals surface area (Å²) in [6.45, 7) is 4.28. The van der Waals surface area contributed by atoms with Crippen LogP contribution < -0.4 is 10.1 Å². The first-order valence-corrected chi connectivity index (χ1v) is 6.70. The molecule has 2 aliphatic rings. The van der Waals surface area contributed by atoms with Crippen molar-refractivity contribution >= 4 is 5.57 Å². The van der Waals surface area contributed by atoms with Gasteiger partial charge in [0.25, 0.3) is 0 Å². The van der Waals surface area contributed by atoms with Crippen LogP contribution in [0.15, 0.2) is 18.3 Å². The van der Waals surface area contributed by atoms with Crippen LogP contribution >= 0.6 is 0 Å². The number of fused-ring (bicyclic) bond motifs is 1. The van der Waals surface area contributed by atoms with Gasteiger partial charge in [0.2, 0.25) is 0 Å². The van der Waals surface area contributed by atoms with Gasteiger partial charge in [-0.05, 0) is 55.3 Å². The molecule has 0 saturated carbocycles. The zero-order valence-electron chi connectivity index (χ0n) is 11.1. The molecule has 0 aromatic carbocycles. The van der Waals surface area contributed by atoms with Gasteiger partial charge in [0.15, 0.2) is 0 Å². The fourth-order valence-corrected chi connectivity index (χ4v) is 3.10. The van der Waals surface area contributed by atoms with E-state index in [0.717, 1.165) is 30.5 Å². The minimum absolute atomic E-state index is 0.709. The molecule has 3 rings (SSSR count). The lowest BCUT2D eigenvalue weighted by molar-refractivity contribution is 0.323. The zero-order valence-corrected chi connectivity index (χ0v) is 11.1. The van der Waals surface area contributed by atoms with Crippen molar-refractivity contribution in [3.05, 3.63) is 29.6 Å². The Morgan fingerprint density at radius 1 is 1.44 bits per heavy atom. The van der Waals surface area contributed by atoms with Crippen LogP contribution in [0.3, 0.4) is 0 Å². The number of rotatable bonds is 2. The Morgan fingerprint density at radius 2 is 2.33 bits per heavy atom. The maximum atomic E-state index is 5.36. The third kappa shape index (κ3) is 2.03. The molecule has 0 spiro atoms. The number of nitrogens with zero attached hydrogens (tertiary/aromatic N) is 1. The van der Waals surface area contributed by atoms with Crippen LogP contribution in [0, 0.1) is 18.8 Å². The summed E-state index contributed by atoms with van der Waals surface area (Å²) in [5.74, 6) is 2.43. The number of ether oxygens (including phenoxy) is 1. The van der Waals surface area contributed by atoms with Crippen LogP contribution in [0.25, 0.3) is 5.57 Å². The molecule has 0 amide bonds. The first-order chi connectivity index (χ1) is 8.78. The smallest absolute Gasteiger partial charge is 0.140 e. The highest BCUT2D eigenvalue weighted by molar-refractivity contribution is 5.68. The first kappa shape index (κ1) is 11.7. The SMILES string of the molecule is COc1cc(C2=CC3CNCCC3C2)cnc1C. The van der Waals surface area contributed by atoms with E-state index in [4.69, 9.17) is 4.74 Å². The van der Waals surface area contributed by atoms with Gasteiger partial charge in [0.05, 0.1) is 12.8 Å². The van der Waals surface area contributed by atoms with E-state index in [0.29, 0.717) is 5.92 Å². The highest BCUT2D eigenvalue weighted by Crippen LogP contribution is 2.39. The zero-order chi connectivity index (χ0) is 12.5. The van der Waals surface area contributed by atoms with Crippen LogP contribution in [0.5, 0.6) is 5.75 Å². The van der Waals surface area contributed by atoms with E-state index >= 15 is 0 Å². The van der Waals surface area contributed by atoms with Gasteiger partial charge in [-0.3, -0.25) is 4.98 Å². The van der Waals surface area contributed by atoms with Gasteiger partial charge in [0.1, 0.15) is 5.75 Å². The average molecular weight is 244 g/mol. The average Bonchev–Trinajstić information content (AvgIpc) is 2.83. The number of hydrogen-bond acceptors (Lipinski definition) is 3. The van der Waals surface area contributed by atoms with Gasteiger partial charge in [-0.2, -0.15) is 0 Å². The molecule has 3 heteroatoms. The second-order valence-electron chi connectivity index (χ2n) is 5.32. The molecule has 1 fully saturated rings. The second kappa shape index (κ2) is 4.73. The van der Waals surface area contributed by atoms with Gasteiger partial charge >= 0.3 is 0 Å². The Labute approximate surface area is 108 Å². The molecule has 1 aromatic rings. The Kier molecular flexibility index (Phi) is 3.08. The Morgan fingerprint density at radius 3 is 3.11 bits per heavy atom. The summed E-state index contributed by atoms with van der Waals surface area (Å²) in [6, 6.07) is 2.12. The molecule has 2 unspecified atom stereocenters. The largest absolute Gasteiger partial charge is 0.495 e. The van der Waals surface area contributed by atoms with Crippen LogP contribution in [0.4, 0.5) is 0 Å². The first-order valence-electron chi connectivity index (χ1n) is 6.70. The molecule has 96 valence electrons. The van der Waals surface area contributed by atoms with Gasteiger partial charge in [-0.15, -0.1) is 0 Å². The summed E-state index contributed by atoms with van der Waals surface area (Å²) in [5.41, 5.74) is 3.63. The molecule has 0 bridgehead atoms. The van der Waals surface area contributed by atoms with E-state index in [1.165, 1.54) is 24.0 Å². The predicted octanol–water partition coefficient (Wildman–Crippen LogP) is 2.41. The molecule has 1 aliphatic carbocycles. The van der Waals surface area contributed by atoms with Crippen molar-refractivity contribution in [1.82, 2.24) is 10.3 Å². The Hall–Kier alpha value is -1.35. The summed E-state index contributed by atoms with van der Waals surface area (Å²) in [7, 11) is 1.71.